The molecule has 3 heterocycles. The number of nitrogens with one attached hydrogen (secondary N) is 1. The average molecular weight is 810 g/mol. The number of ether oxygens (including phenoxy) is 4. The minimum Gasteiger partial charge on any atom is -0.493 e. The first kappa shape index (κ1) is 41.9. The molecule has 0 aromatic heterocycles. The number of carbonyl (C=O) groups excluding carboxylic acids is 2. The standard InChI is InChI=1S/C44H58Cl2N4O6/c1-6-30-27-49-16-12-31-23-39(53-2)41(55-4)25-34(31)37(49)21-33(30)22-38-35-26-42(56-5)40(54-3)24-32(35)13-17-50(38)44(52)36(20-29-10-8-7-9-11-29)47-43(51)28-48(18-14-45)19-15-46/h7-11,23-26,30,33,36-38H,6,12-22,27-28H2,1-5H3,(H,47,51). The Kier molecular flexibility index (Phi) is 14.7. The lowest BCUT2D eigenvalue weighted by atomic mass is 9.72. The fraction of sp³-hybridized carbons (Fsp3) is 0.545. The summed E-state index contributed by atoms with van der Waals surface area (Å²) < 4.78 is 23.0. The summed E-state index contributed by atoms with van der Waals surface area (Å²) in [6.07, 6.45) is 4.79. The third kappa shape index (κ3) is 9.36. The summed E-state index contributed by atoms with van der Waals surface area (Å²) in [7, 11) is 6.70. The molecular weight excluding hydrogens is 751 g/mol. The normalized spacial score (nSPS) is 21.0. The van der Waals surface area contributed by atoms with Crippen LogP contribution in [0.2, 0.25) is 0 Å². The highest BCUT2D eigenvalue weighted by atomic mass is 35.5. The Bertz CT molecular complexity index is 1790. The van der Waals surface area contributed by atoms with Gasteiger partial charge in [-0.2, -0.15) is 0 Å². The van der Waals surface area contributed by atoms with Crippen LogP contribution in [-0.4, -0.2) is 112 Å². The lowest BCUT2D eigenvalue weighted by molar-refractivity contribution is -0.140. The lowest BCUT2D eigenvalue weighted by Crippen LogP contribution is -2.54. The van der Waals surface area contributed by atoms with Crippen molar-refractivity contribution < 1.29 is 28.5 Å². The number of benzene rings is 3. The second-order valence-corrected chi connectivity index (χ2v) is 16.0. The molecule has 1 fully saturated rings. The summed E-state index contributed by atoms with van der Waals surface area (Å²) in [5.41, 5.74) is 5.83. The van der Waals surface area contributed by atoms with Gasteiger partial charge in [-0.25, -0.2) is 0 Å². The van der Waals surface area contributed by atoms with Gasteiger partial charge in [-0.1, -0.05) is 43.7 Å². The van der Waals surface area contributed by atoms with E-state index in [1.54, 1.807) is 28.4 Å². The molecule has 6 rings (SSSR count). The molecule has 304 valence electrons. The number of halogens is 2. The van der Waals surface area contributed by atoms with E-state index in [0.717, 1.165) is 67.0 Å². The van der Waals surface area contributed by atoms with Gasteiger partial charge in [0, 0.05) is 56.9 Å². The molecule has 3 aromatic rings. The van der Waals surface area contributed by atoms with E-state index in [1.165, 1.54) is 11.1 Å². The van der Waals surface area contributed by atoms with Gasteiger partial charge in [-0.3, -0.25) is 19.4 Å². The number of alkyl halides is 2. The molecule has 3 aromatic carbocycles. The van der Waals surface area contributed by atoms with Crippen LogP contribution in [0.3, 0.4) is 0 Å². The molecule has 56 heavy (non-hydrogen) atoms. The van der Waals surface area contributed by atoms with Crippen LogP contribution in [0.15, 0.2) is 54.6 Å². The zero-order chi connectivity index (χ0) is 39.8. The zero-order valence-electron chi connectivity index (χ0n) is 33.5. The predicted octanol–water partition coefficient (Wildman–Crippen LogP) is 6.69. The van der Waals surface area contributed by atoms with Crippen molar-refractivity contribution >= 4 is 35.0 Å². The van der Waals surface area contributed by atoms with Crippen molar-refractivity contribution in [3.05, 3.63) is 82.4 Å². The number of carbonyl (C=O) groups is 2. The highest BCUT2D eigenvalue weighted by Crippen LogP contribution is 2.49. The van der Waals surface area contributed by atoms with Crippen LogP contribution in [0.1, 0.15) is 66.1 Å². The van der Waals surface area contributed by atoms with Crippen LogP contribution < -0.4 is 24.3 Å². The Morgan fingerprint density at radius 3 is 2.02 bits per heavy atom. The van der Waals surface area contributed by atoms with Crippen molar-refractivity contribution in [1.29, 1.82) is 0 Å². The fourth-order valence-corrected chi connectivity index (χ4v) is 9.77. The Morgan fingerprint density at radius 2 is 1.41 bits per heavy atom. The molecule has 5 atom stereocenters. The molecule has 12 heteroatoms. The SMILES string of the molecule is CCC1CN2CCc3cc(OC)c(OC)cc3C2CC1CC1c2cc(OC)c(OC)cc2CCN1C(=O)C(Cc1ccccc1)NC(=O)CN(CCCl)CCCl. The van der Waals surface area contributed by atoms with Crippen LogP contribution in [0, 0.1) is 11.8 Å². The van der Waals surface area contributed by atoms with E-state index in [1.807, 2.05) is 40.1 Å². The van der Waals surface area contributed by atoms with Crippen molar-refractivity contribution in [2.45, 2.75) is 63.6 Å². The summed E-state index contributed by atoms with van der Waals surface area (Å²) in [4.78, 5) is 35.4. The van der Waals surface area contributed by atoms with Gasteiger partial charge in [0.15, 0.2) is 23.0 Å². The zero-order valence-corrected chi connectivity index (χ0v) is 35.0. The van der Waals surface area contributed by atoms with E-state index in [9.17, 15) is 4.79 Å². The number of piperidine rings is 1. The summed E-state index contributed by atoms with van der Waals surface area (Å²) >= 11 is 12.1. The van der Waals surface area contributed by atoms with Gasteiger partial charge >= 0.3 is 0 Å². The van der Waals surface area contributed by atoms with Gasteiger partial charge in [-0.05, 0) is 89.6 Å². The third-order valence-electron chi connectivity index (χ3n) is 12.2. The van der Waals surface area contributed by atoms with Crippen molar-refractivity contribution in [1.82, 2.24) is 20.0 Å². The fourth-order valence-electron chi connectivity index (χ4n) is 9.29. The first-order valence-electron chi connectivity index (χ1n) is 20.0. The van der Waals surface area contributed by atoms with Gasteiger partial charge in [0.05, 0.1) is 41.0 Å². The number of hydrogen-bond donors (Lipinski definition) is 1. The van der Waals surface area contributed by atoms with Gasteiger partial charge < -0.3 is 29.2 Å². The Balaban J connectivity index is 1.36. The van der Waals surface area contributed by atoms with E-state index in [4.69, 9.17) is 42.1 Å². The second kappa shape index (κ2) is 19.6. The minimum absolute atomic E-state index is 0.0841. The van der Waals surface area contributed by atoms with E-state index in [-0.39, 0.29) is 30.4 Å². The van der Waals surface area contributed by atoms with Crippen molar-refractivity contribution in [3.63, 3.8) is 0 Å². The van der Waals surface area contributed by atoms with Crippen molar-refractivity contribution in [2.24, 2.45) is 11.8 Å². The van der Waals surface area contributed by atoms with Crippen LogP contribution in [0.5, 0.6) is 23.0 Å². The molecule has 0 radical (unpaired) electrons. The highest BCUT2D eigenvalue weighted by Gasteiger charge is 2.43. The van der Waals surface area contributed by atoms with E-state index < -0.39 is 6.04 Å². The van der Waals surface area contributed by atoms with Gasteiger partial charge in [0.25, 0.3) is 0 Å². The Labute approximate surface area is 342 Å². The highest BCUT2D eigenvalue weighted by molar-refractivity contribution is 6.18. The maximum Gasteiger partial charge on any atom is 0.246 e. The molecule has 0 bridgehead atoms. The molecule has 2 amide bonds. The van der Waals surface area contributed by atoms with Gasteiger partial charge in [0.2, 0.25) is 11.8 Å². The Morgan fingerprint density at radius 1 is 0.821 bits per heavy atom. The maximum absolute atomic E-state index is 15.2. The minimum atomic E-state index is -0.764. The molecule has 3 aliphatic heterocycles. The molecule has 0 aliphatic carbocycles. The molecule has 1 N–H and O–H groups in total. The molecule has 3 aliphatic rings. The predicted molar refractivity (Wildman–Crippen MR) is 222 cm³/mol. The average Bonchev–Trinajstić information content (AvgIpc) is 3.22. The monoisotopic (exact) mass is 808 g/mol. The second-order valence-electron chi connectivity index (χ2n) is 15.2. The molecule has 1 saturated heterocycles. The molecule has 0 spiro atoms. The first-order valence-corrected chi connectivity index (χ1v) is 21.0. The number of nitrogens with zero attached hydrogens (tertiary/aromatic N) is 3. The molecular formula is C44H58Cl2N4O6. The smallest absolute Gasteiger partial charge is 0.246 e. The maximum atomic E-state index is 15.2. The van der Waals surface area contributed by atoms with Crippen LogP contribution >= 0.6 is 23.2 Å². The Hall–Kier alpha value is -3.70. The van der Waals surface area contributed by atoms with E-state index >= 15 is 4.79 Å². The summed E-state index contributed by atoms with van der Waals surface area (Å²) in [6, 6.07) is 17.6. The van der Waals surface area contributed by atoms with Crippen molar-refractivity contribution in [3.8, 4) is 23.0 Å². The van der Waals surface area contributed by atoms with E-state index in [0.29, 0.717) is 67.6 Å². The number of amides is 2. The molecule has 10 nitrogen and oxygen atoms in total. The van der Waals surface area contributed by atoms with Crippen LogP contribution in [0.4, 0.5) is 0 Å². The number of methoxy groups -OCH3 is 4. The number of fused-ring (bicyclic) bond motifs is 4. The molecule has 0 saturated carbocycles. The number of hydrogen-bond acceptors (Lipinski definition) is 8. The van der Waals surface area contributed by atoms with Crippen molar-refractivity contribution in [2.75, 3.05) is 79.5 Å². The van der Waals surface area contributed by atoms with Crippen LogP contribution in [-0.2, 0) is 28.9 Å². The number of rotatable bonds is 17. The largest absolute Gasteiger partial charge is 0.493 e. The van der Waals surface area contributed by atoms with E-state index in [2.05, 4.69) is 41.4 Å². The topological polar surface area (TPSA) is 92.8 Å². The summed E-state index contributed by atoms with van der Waals surface area (Å²) in [6.45, 7) is 5.97. The van der Waals surface area contributed by atoms with Gasteiger partial charge in [-0.15, -0.1) is 23.2 Å². The lowest BCUT2D eigenvalue weighted by Gasteiger charge is -2.49. The summed E-state index contributed by atoms with van der Waals surface area (Å²) in [5.74, 6) is 4.06. The third-order valence-corrected chi connectivity index (χ3v) is 12.5. The summed E-state index contributed by atoms with van der Waals surface area (Å²) in [5, 5.41) is 3.16. The molecule has 5 unspecified atom stereocenters. The first-order chi connectivity index (χ1) is 27.2. The van der Waals surface area contributed by atoms with Gasteiger partial charge in [0.1, 0.15) is 6.04 Å². The van der Waals surface area contributed by atoms with Crippen LogP contribution in [0.25, 0.3) is 0 Å². The quantitative estimate of drug-likeness (QED) is 0.151.